The van der Waals surface area contributed by atoms with Gasteiger partial charge in [-0.1, -0.05) is 32.0 Å². The summed E-state index contributed by atoms with van der Waals surface area (Å²) in [6.45, 7) is 10.8. The van der Waals surface area contributed by atoms with Crippen molar-refractivity contribution < 1.29 is 9.47 Å². The van der Waals surface area contributed by atoms with Gasteiger partial charge in [-0.05, 0) is 39.3 Å². The number of nitrogens with one attached hydrogen (secondary N) is 1. The highest BCUT2D eigenvalue weighted by molar-refractivity contribution is 5.36. The maximum absolute atomic E-state index is 5.86. The van der Waals surface area contributed by atoms with Crippen molar-refractivity contribution in [2.24, 2.45) is 0 Å². The standard InChI is InChI=1S/C17H29NO2/c1-5-11-18-16(13-20-14(3)4)15-9-7-8-10-17(15)19-12-6-2/h7-10,14,16,18H,5-6,11-13H2,1-4H3. The highest BCUT2D eigenvalue weighted by Gasteiger charge is 2.16. The highest BCUT2D eigenvalue weighted by Crippen LogP contribution is 2.26. The molecule has 0 amide bonds. The maximum atomic E-state index is 5.86. The number of ether oxygens (including phenoxy) is 2. The van der Waals surface area contributed by atoms with Crippen LogP contribution in [0, 0.1) is 0 Å². The molecule has 0 spiro atoms. The van der Waals surface area contributed by atoms with E-state index in [1.54, 1.807) is 0 Å². The molecule has 0 aliphatic heterocycles. The van der Waals surface area contributed by atoms with Crippen molar-refractivity contribution in [3.8, 4) is 5.75 Å². The summed E-state index contributed by atoms with van der Waals surface area (Å²) < 4.78 is 11.7. The van der Waals surface area contributed by atoms with E-state index in [1.807, 2.05) is 12.1 Å². The second-order valence-corrected chi connectivity index (χ2v) is 5.28. The minimum absolute atomic E-state index is 0.186. The average molecular weight is 279 g/mol. The molecule has 0 aliphatic rings. The largest absolute Gasteiger partial charge is 0.493 e. The molecule has 0 saturated carbocycles. The van der Waals surface area contributed by atoms with E-state index in [1.165, 1.54) is 5.56 Å². The SMILES string of the molecule is CCCNC(COC(C)C)c1ccccc1OCCC. The molecule has 0 heterocycles. The number of rotatable bonds is 10. The molecule has 1 rings (SSSR count). The molecule has 0 aromatic heterocycles. The molecule has 1 unspecified atom stereocenters. The molecule has 0 saturated heterocycles. The van der Waals surface area contributed by atoms with Gasteiger partial charge in [0.15, 0.2) is 0 Å². The normalized spacial score (nSPS) is 12.7. The first-order valence-corrected chi connectivity index (χ1v) is 7.75. The Kier molecular flexibility index (Phi) is 8.31. The van der Waals surface area contributed by atoms with Crippen LogP contribution in [0.3, 0.4) is 0 Å². The lowest BCUT2D eigenvalue weighted by molar-refractivity contribution is 0.0605. The van der Waals surface area contributed by atoms with Crippen LogP contribution in [0.15, 0.2) is 24.3 Å². The van der Waals surface area contributed by atoms with Crippen molar-refractivity contribution >= 4 is 0 Å². The topological polar surface area (TPSA) is 30.5 Å². The number of benzene rings is 1. The lowest BCUT2D eigenvalue weighted by Crippen LogP contribution is -2.28. The molecule has 0 fully saturated rings. The average Bonchev–Trinajstić information content (AvgIpc) is 2.45. The third-order valence-corrected chi connectivity index (χ3v) is 2.99. The summed E-state index contributed by atoms with van der Waals surface area (Å²) in [6, 6.07) is 8.44. The minimum Gasteiger partial charge on any atom is -0.493 e. The van der Waals surface area contributed by atoms with Gasteiger partial charge in [0.2, 0.25) is 0 Å². The van der Waals surface area contributed by atoms with E-state index >= 15 is 0 Å². The van der Waals surface area contributed by atoms with E-state index in [9.17, 15) is 0 Å². The molecular formula is C17H29NO2. The van der Waals surface area contributed by atoms with Crippen molar-refractivity contribution in [1.29, 1.82) is 0 Å². The Balaban J connectivity index is 2.81. The second kappa shape index (κ2) is 9.78. The fourth-order valence-electron chi connectivity index (χ4n) is 1.98. The highest BCUT2D eigenvalue weighted by atomic mass is 16.5. The van der Waals surface area contributed by atoms with Crippen LogP contribution in [-0.2, 0) is 4.74 Å². The minimum atomic E-state index is 0.186. The number of hydrogen-bond acceptors (Lipinski definition) is 3. The van der Waals surface area contributed by atoms with Crippen LogP contribution in [0.25, 0.3) is 0 Å². The van der Waals surface area contributed by atoms with Gasteiger partial charge in [0.1, 0.15) is 5.75 Å². The molecule has 1 N–H and O–H groups in total. The second-order valence-electron chi connectivity index (χ2n) is 5.28. The van der Waals surface area contributed by atoms with Gasteiger partial charge < -0.3 is 14.8 Å². The van der Waals surface area contributed by atoms with Gasteiger partial charge in [0.05, 0.1) is 25.4 Å². The molecular weight excluding hydrogens is 250 g/mol. The molecule has 20 heavy (non-hydrogen) atoms. The first-order valence-electron chi connectivity index (χ1n) is 7.75. The molecule has 1 atom stereocenters. The molecule has 1 aromatic rings. The van der Waals surface area contributed by atoms with E-state index in [-0.39, 0.29) is 12.1 Å². The van der Waals surface area contributed by atoms with Gasteiger partial charge in [0.25, 0.3) is 0 Å². The lowest BCUT2D eigenvalue weighted by atomic mass is 10.1. The Hall–Kier alpha value is -1.06. The van der Waals surface area contributed by atoms with Crippen LogP contribution < -0.4 is 10.1 Å². The monoisotopic (exact) mass is 279 g/mol. The van der Waals surface area contributed by atoms with Crippen molar-refractivity contribution in [3.63, 3.8) is 0 Å². The van der Waals surface area contributed by atoms with Crippen LogP contribution in [0.1, 0.15) is 52.1 Å². The van der Waals surface area contributed by atoms with Crippen molar-refractivity contribution in [1.82, 2.24) is 5.32 Å². The number of hydrogen-bond donors (Lipinski definition) is 1. The van der Waals surface area contributed by atoms with Crippen molar-refractivity contribution in [3.05, 3.63) is 29.8 Å². The fourth-order valence-corrected chi connectivity index (χ4v) is 1.98. The van der Waals surface area contributed by atoms with Gasteiger partial charge in [-0.2, -0.15) is 0 Å². The summed E-state index contributed by atoms with van der Waals surface area (Å²) in [7, 11) is 0. The zero-order chi connectivity index (χ0) is 14.8. The van der Waals surface area contributed by atoms with Crippen molar-refractivity contribution in [2.45, 2.75) is 52.7 Å². The smallest absolute Gasteiger partial charge is 0.124 e. The third-order valence-electron chi connectivity index (χ3n) is 2.99. The third kappa shape index (κ3) is 5.93. The van der Waals surface area contributed by atoms with E-state index in [0.717, 1.165) is 31.7 Å². The van der Waals surface area contributed by atoms with Gasteiger partial charge in [-0.3, -0.25) is 0 Å². The first kappa shape index (κ1) is 17.0. The Morgan fingerprint density at radius 3 is 2.50 bits per heavy atom. The molecule has 0 aliphatic carbocycles. The predicted octanol–water partition coefficient (Wildman–Crippen LogP) is 3.94. The van der Waals surface area contributed by atoms with Crippen LogP contribution in [-0.4, -0.2) is 25.9 Å². The van der Waals surface area contributed by atoms with Crippen LogP contribution in [0.5, 0.6) is 5.75 Å². The van der Waals surface area contributed by atoms with Crippen LogP contribution in [0.4, 0.5) is 0 Å². The Labute approximate surface area is 123 Å². The summed E-state index contributed by atoms with van der Waals surface area (Å²) in [4.78, 5) is 0. The molecule has 0 bridgehead atoms. The number of para-hydroxylation sites is 1. The fraction of sp³-hybridized carbons (Fsp3) is 0.647. The molecule has 0 radical (unpaired) electrons. The van der Waals surface area contributed by atoms with Gasteiger partial charge in [-0.15, -0.1) is 0 Å². The Morgan fingerprint density at radius 2 is 1.85 bits per heavy atom. The molecule has 1 aromatic carbocycles. The summed E-state index contributed by atoms with van der Waals surface area (Å²) in [5.41, 5.74) is 1.19. The van der Waals surface area contributed by atoms with Gasteiger partial charge in [-0.25, -0.2) is 0 Å². The first-order chi connectivity index (χ1) is 9.69. The summed E-state index contributed by atoms with van der Waals surface area (Å²) >= 11 is 0. The van der Waals surface area contributed by atoms with Gasteiger partial charge >= 0.3 is 0 Å². The predicted molar refractivity (Wildman–Crippen MR) is 84.4 cm³/mol. The summed E-state index contributed by atoms with van der Waals surface area (Å²) in [6.07, 6.45) is 2.37. The molecule has 3 nitrogen and oxygen atoms in total. The van der Waals surface area contributed by atoms with Crippen LogP contribution >= 0.6 is 0 Å². The molecule has 114 valence electrons. The van der Waals surface area contributed by atoms with Crippen LogP contribution in [0.2, 0.25) is 0 Å². The summed E-state index contributed by atoms with van der Waals surface area (Å²) in [5, 5.41) is 3.55. The van der Waals surface area contributed by atoms with E-state index < -0.39 is 0 Å². The van der Waals surface area contributed by atoms with Gasteiger partial charge in [0, 0.05) is 5.56 Å². The Bertz CT molecular complexity index is 366. The van der Waals surface area contributed by atoms with Crippen molar-refractivity contribution in [2.75, 3.05) is 19.8 Å². The maximum Gasteiger partial charge on any atom is 0.124 e. The zero-order valence-corrected chi connectivity index (χ0v) is 13.3. The lowest BCUT2D eigenvalue weighted by Gasteiger charge is -2.23. The zero-order valence-electron chi connectivity index (χ0n) is 13.3. The van der Waals surface area contributed by atoms with E-state index in [0.29, 0.717) is 6.61 Å². The quantitative estimate of drug-likeness (QED) is 0.703. The van der Waals surface area contributed by atoms with E-state index in [4.69, 9.17) is 9.47 Å². The summed E-state index contributed by atoms with van der Waals surface area (Å²) in [5.74, 6) is 0.968. The molecule has 3 heteroatoms. The Morgan fingerprint density at radius 1 is 1.10 bits per heavy atom. The van der Waals surface area contributed by atoms with E-state index in [2.05, 4.69) is 45.1 Å².